The van der Waals surface area contributed by atoms with Gasteiger partial charge in [0.15, 0.2) is 6.61 Å². The Morgan fingerprint density at radius 2 is 1.85 bits per heavy atom. The van der Waals surface area contributed by atoms with E-state index in [1.807, 2.05) is 37.3 Å². The number of hydrogen-bond acceptors (Lipinski definition) is 6. The van der Waals surface area contributed by atoms with Crippen molar-refractivity contribution < 1.29 is 23.9 Å². The van der Waals surface area contributed by atoms with Crippen LogP contribution >= 0.6 is 11.3 Å². The van der Waals surface area contributed by atoms with Crippen molar-refractivity contribution >= 4 is 40.3 Å². The van der Waals surface area contributed by atoms with Gasteiger partial charge in [-0.15, -0.1) is 11.3 Å². The number of thiophene rings is 1. The van der Waals surface area contributed by atoms with Crippen LogP contribution in [-0.2, 0) is 25.5 Å². The molecule has 142 valence electrons. The van der Waals surface area contributed by atoms with Crippen molar-refractivity contribution in [3.8, 4) is 0 Å². The van der Waals surface area contributed by atoms with E-state index in [4.69, 9.17) is 9.47 Å². The van der Waals surface area contributed by atoms with E-state index in [0.29, 0.717) is 10.6 Å². The Kier molecular flexibility index (Phi) is 7.76. The van der Waals surface area contributed by atoms with Gasteiger partial charge in [0, 0.05) is 11.0 Å². The minimum atomic E-state index is -0.625. The van der Waals surface area contributed by atoms with E-state index < -0.39 is 24.5 Å². The molecule has 1 aromatic carbocycles. The highest BCUT2D eigenvalue weighted by Gasteiger charge is 2.19. The lowest BCUT2D eigenvalue weighted by molar-refractivity contribution is -0.142. The summed E-state index contributed by atoms with van der Waals surface area (Å²) >= 11 is 1.30. The third kappa shape index (κ3) is 6.38. The number of rotatable bonds is 8. The Morgan fingerprint density at radius 1 is 1.11 bits per heavy atom. The first-order valence-corrected chi connectivity index (χ1v) is 9.34. The molecule has 6 nitrogen and oxygen atoms in total. The van der Waals surface area contributed by atoms with Gasteiger partial charge in [0.05, 0.1) is 12.2 Å². The number of nitrogens with one attached hydrogen (secondary N) is 1. The predicted octanol–water partition coefficient (Wildman–Crippen LogP) is 3.68. The van der Waals surface area contributed by atoms with E-state index in [0.717, 1.165) is 16.9 Å². The predicted molar refractivity (Wildman–Crippen MR) is 105 cm³/mol. The summed E-state index contributed by atoms with van der Waals surface area (Å²) in [4.78, 5) is 36.7. The van der Waals surface area contributed by atoms with Crippen LogP contribution in [0, 0.1) is 0 Å². The molecule has 0 fully saturated rings. The van der Waals surface area contributed by atoms with Gasteiger partial charge >= 0.3 is 11.9 Å². The lowest BCUT2D eigenvalue weighted by Gasteiger charge is -2.06. The van der Waals surface area contributed by atoms with Crippen molar-refractivity contribution in [1.29, 1.82) is 0 Å². The average Bonchev–Trinajstić information content (AvgIpc) is 3.08. The van der Waals surface area contributed by atoms with Crippen molar-refractivity contribution in [1.82, 2.24) is 0 Å². The first kappa shape index (κ1) is 20.4. The third-order valence-electron chi connectivity index (χ3n) is 3.44. The van der Waals surface area contributed by atoms with Crippen LogP contribution in [0.15, 0.2) is 42.5 Å². The number of carbonyl (C=O) groups is 3. The molecule has 2 aromatic rings. The van der Waals surface area contributed by atoms with Crippen molar-refractivity contribution in [3.05, 3.63) is 58.5 Å². The molecule has 1 aromatic heterocycles. The molecule has 1 amide bonds. The second-order valence-corrected chi connectivity index (χ2v) is 6.57. The van der Waals surface area contributed by atoms with Gasteiger partial charge < -0.3 is 14.8 Å². The molecule has 1 heterocycles. The average molecular weight is 387 g/mol. The van der Waals surface area contributed by atoms with Crippen molar-refractivity contribution in [2.45, 2.75) is 20.3 Å². The van der Waals surface area contributed by atoms with Crippen LogP contribution in [0.25, 0.3) is 6.08 Å². The van der Waals surface area contributed by atoms with Gasteiger partial charge in [-0.3, -0.25) is 4.79 Å². The summed E-state index contributed by atoms with van der Waals surface area (Å²) in [5.41, 5.74) is 1.16. The van der Waals surface area contributed by atoms with Crippen molar-refractivity contribution in [2.24, 2.45) is 0 Å². The second-order valence-electron chi connectivity index (χ2n) is 5.43. The zero-order valence-electron chi connectivity index (χ0n) is 15.2. The number of anilines is 1. The summed E-state index contributed by atoms with van der Waals surface area (Å²) in [6.07, 6.45) is 3.59. The summed E-state index contributed by atoms with van der Waals surface area (Å²) in [6.45, 7) is 3.47. The van der Waals surface area contributed by atoms with Crippen LogP contribution in [0.1, 0.15) is 34.6 Å². The number of carbonyl (C=O) groups excluding carboxylic acids is 3. The van der Waals surface area contributed by atoms with E-state index in [9.17, 15) is 14.4 Å². The minimum Gasteiger partial charge on any atom is -0.462 e. The molecule has 0 aliphatic heterocycles. The normalized spacial score (nSPS) is 10.6. The molecule has 0 saturated carbocycles. The van der Waals surface area contributed by atoms with Crippen molar-refractivity contribution in [3.63, 3.8) is 0 Å². The molecule has 0 radical (unpaired) electrons. The second kappa shape index (κ2) is 10.3. The largest absolute Gasteiger partial charge is 0.462 e. The third-order valence-corrected chi connectivity index (χ3v) is 4.63. The number of hydrogen-bond donors (Lipinski definition) is 1. The van der Waals surface area contributed by atoms with Crippen LogP contribution in [-0.4, -0.2) is 31.1 Å². The molecule has 0 atom stereocenters. The van der Waals surface area contributed by atoms with E-state index in [1.54, 1.807) is 19.1 Å². The smallest absolute Gasteiger partial charge is 0.341 e. The van der Waals surface area contributed by atoms with Crippen LogP contribution in [0.2, 0.25) is 0 Å². The number of esters is 2. The van der Waals surface area contributed by atoms with Crippen molar-refractivity contribution in [2.75, 3.05) is 18.5 Å². The summed E-state index contributed by atoms with van der Waals surface area (Å²) < 4.78 is 9.93. The van der Waals surface area contributed by atoms with Gasteiger partial charge in [-0.25, -0.2) is 9.59 Å². The lowest BCUT2D eigenvalue weighted by atomic mass is 10.2. The summed E-state index contributed by atoms with van der Waals surface area (Å²) in [5, 5.41) is 3.01. The molecular formula is C20H21NO5S. The van der Waals surface area contributed by atoms with Crippen LogP contribution in [0.4, 0.5) is 5.00 Å². The Hall–Kier alpha value is -2.93. The summed E-state index contributed by atoms with van der Waals surface area (Å²) in [7, 11) is 0. The maximum absolute atomic E-state index is 12.1. The molecule has 1 N–H and O–H groups in total. The number of ether oxygens (including phenoxy) is 2. The summed E-state index contributed by atoms with van der Waals surface area (Å²) in [5.74, 6) is -1.64. The molecule has 0 unspecified atom stereocenters. The maximum Gasteiger partial charge on any atom is 0.341 e. The van der Waals surface area contributed by atoms with Gasteiger partial charge in [-0.2, -0.15) is 0 Å². The first-order chi connectivity index (χ1) is 13.0. The van der Waals surface area contributed by atoms with Crippen LogP contribution in [0.5, 0.6) is 0 Å². The Bertz CT molecular complexity index is 826. The topological polar surface area (TPSA) is 81.7 Å². The fourth-order valence-electron chi connectivity index (χ4n) is 2.15. The molecule has 0 spiro atoms. The highest BCUT2D eigenvalue weighted by Crippen LogP contribution is 2.29. The van der Waals surface area contributed by atoms with Gasteiger partial charge in [0.2, 0.25) is 0 Å². The Morgan fingerprint density at radius 3 is 2.52 bits per heavy atom. The molecule has 0 bridgehead atoms. The molecule has 27 heavy (non-hydrogen) atoms. The SMILES string of the molecule is CCOC(=O)c1cc(CC)sc1NC(=O)COC(=O)/C=C/c1ccccc1. The zero-order chi connectivity index (χ0) is 19.6. The highest BCUT2D eigenvalue weighted by molar-refractivity contribution is 7.16. The molecule has 0 aliphatic carbocycles. The summed E-state index contributed by atoms with van der Waals surface area (Å²) in [6, 6.07) is 11.0. The Labute approximate surface area is 161 Å². The number of aryl methyl sites for hydroxylation is 1. The van der Waals surface area contributed by atoms with Crippen LogP contribution in [0.3, 0.4) is 0 Å². The van der Waals surface area contributed by atoms with E-state index in [2.05, 4.69) is 5.32 Å². The molecular weight excluding hydrogens is 366 g/mol. The number of amides is 1. The molecule has 0 aliphatic rings. The van der Waals surface area contributed by atoms with Crippen LogP contribution < -0.4 is 5.32 Å². The monoisotopic (exact) mass is 387 g/mol. The van der Waals surface area contributed by atoms with E-state index >= 15 is 0 Å². The fraction of sp³-hybridized carbons (Fsp3) is 0.250. The van der Waals surface area contributed by atoms with Gasteiger partial charge in [-0.1, -0.05) is 37.3 Å². The quantitative estimate of drug-likeness (QED) is 0.552. The molecule has 0 saturated heterocycles. The van der Waals surface area contributed by atoms with Gasteiger partial charge in [0.1, 0.15) is 5.00 Å². The molecule has 2 rings (SSSR count). The minimum absolute atomic E-state index is 0.245. The lowest BCUT2D eigenvalue weighted by Crippen LogP contribution is -2.20. The standard InChI is InChI=1S/C20H21NO5S/c1-3-15-12-16(20(24)25-4-2)19(27-15)21-17(22)13-26-18(23)11-10-14-8-6-5-7-9-14/h5-12H,3-4,13H2,1-2H3,(H,21,22)/b11-10+. The maximum atomic E-state index is 12.1. The first-order valence-electron chi connectivity index (χ1n) is 8.53. The fourth-order valence-corrected chi connectivity index (χ4v) is 3.15. The zero-order valence-corrected chi connectivity index (χ0v) is 16.0. The van der Waals surface area contributed by atoms with Gasteiger partial charge in [0.25, 0.3) is 5.91 Å². The molecule has 7 heteroatoms. The highest BCUT2D eigenvalue weighted by atomic mass is 32.1. The van der Waals surface area contributed by atoms with E-state index in [1.165, 1.54) is 17.4 Å². The van der Waals surface area contributed by atoms with E-state index in [-0.39, 0.29) is 6.61 Å². The van der Waals surface area contributed by atoms with Gasteiger partial charge in [-0.05, 0) is 31.1 Å². The Balaban J connectivity index is 1.91. The number of benzene rings is 1.